The quantitative estimate of drug-likeness (QED) is 0.186. The highest BCUT2D eigenvalue weighted by molar-refractivity contribution is 5.94. The first-order valence-electron chi connectivity index (χ1n) is 11.4. The summed E-state index contributed by atoms with van der Waals surface area (Å²) in [5.41, 5.74) is 7.22. The van der Waals surface area contributed by atoms with E-state index in [1.165, 1.54) is 24.7 Å². The number of H-pyrrole nitrogens is 1. The zero-order valence-corrected chi connectivity index (χ0v) is 19.5. The Labute approximate surface area is 206 Å². The Morgan fingerprint density at radius 1 is 1.11 bits per heavy atom. The van der Waals surface area contributed by atoms with Gasteiger partial charge in [-0.2, -0.15) is 0 Å². The number of aromatic nitrogens is 2. The number of hydrogen-bond acceptors (Lipinski definition) is 8. The van der Waals surface area contributed by atoms with Crippen LogP contribution in [-0.2, 0) is 32.0 Å². The lowest BCUT2D eigenvalue weighted by molar-refractivity contribution is -0.150. The monoisotopic (exact) mass is 502 g/mol. The van der Waals surface area contributed by atoms with E-state index in [0.717, 1.165) is 4.90 Å². The molecule has 0 bridgehead atoms. The number of aliphatic hydroxyl groups is 1. The smallest absolute Gasteiger partial charge is 0.326 e. The van der Waals surface area contributed by atoms with Crippen molar-refractivity contribution < 1.29 is 34.5 Å². The fourth-order valence-corrected chi connectivity index (χ4v) is 4.03. The minimum atomic E-state index is -1.39. The van der Waals surface area contributed by atoms with E-state index in [0.29, 0.717) is 17.7 Å². The lowest BCUT2D eigenvalue weighted by Gasteiger charge is -2.28. The number of likely N-dealkylation sites (tertiary alicyclic amines) is 1. The van der Waals surface area contributed by atoms with Gasteiger partial charge in [-0.15, -0.1) is 0 Å². The second-order valence-electron chi connectivity index (χ2n) is 8.59. The third-order valence-corrected chi connectivity index (χ3v) is 5.96. The van der Waals surface area contributed by atoms with E-state index in [1.54, 1.807) is 12.1 Å². The number of hydrogen-bond donors (Lipinski definition) is 7. The Kier molecular flexibility index (Phi) is 8.97. The molecule has 1 aromatic heterocycles. The van der Waals surface area contributed by atoms with Crippen LogP contribution < -0.4 is 16.4 Å². The summed E-state index contributed by atoms with van der Waals surface area (Å²) in [5, 5.41) is 33.7. The lowest BCUT2D eigenvalue weighted by Crippen LogP contribution is -2.58. The van der Waals surface area contributed by atoms with Gasteiger partial charge in [0, 0.05) is 31.3 Å². The molecule has 13 nitrogen and oxygen atoms in total. The maximum atomic E-state index is 13.2. The van der Waals surface area contributed by atoms with E-state index in [4.69, 9.17) is 5.73 Å². The maximum absolute atomic E-state index is 13.2. The number of aliphatic carboxylic acids is 1. The lowest BCUT2D eigenvalue weighted by atomic mass is 10.0. The van der Waals surface area contributed by atoms with Gasteiger partial charge in [-0.3, -0.25) is 14.4 Å². The van der Waals surface area contributed by atoms with E-state index in [-0.39, 0.29) is 31.6 Å². The van der Waals surface area contributed by atoms with Crippen LogP contribution in [0.4, 0.5) is 0 Å². The second-order valence-corrected chi connectivity index (χ2v) is 8.59. The molecule has 1 aliphatic heterocycles. The third-order valence-electron chi connectivity index (χ3n) is 5.96. The number of phenolic OH excluding ortho intramolecular Hbond substituents is 1. The summed E-state index contributed by atoms with van der Waals surface area (Å²) < 4.78 is 0. The molecule has 1 fully saturated rings. The minimum Gasteiger partial charge on any atom is -0.508 e. The third kappa shape index (κ3) is 6.79. The molecular weight excluding hydrogens is 472 g/mol. The van der Waals surface area contributed by atoms with Gasteiger partial charge < -0.3 is 41.6 Å². The number of aromatic hydroxyl groups is 1. The van der Waals surface area contributed by atoms with Crippen molar-refractivity contribution in [1.82, 2.24) is 25.5 Å². The van der Waals surface area contributed by atoms with E-state index < -0.39 is 54.5 Å². The number of rotatable bonds is 11. The van der Waals surface area contributed by atoms with Crippen molar-refractivity contribution >= 4 is 23.7 Å². The molecule has 1 saturated heterocycles. The van der Waals surface area contributed by atoms with Crippen molar-refractivity contribution in [1.29, 1.82) is 0 Å². The molecule has 1 aromatic carbocycles. The molecule has 3 amide bonds. The number of phenols is 1. The number of benzene rings is 1. The molecular formula is C23H30N6O7. The van der Waals surface area contributed by atoms with Gasteiger partial charge in [0.15, 0.2) is 0 Å². The molecule has 13 heteroatoms. The number of nitrogens with two attached hydrogens (primary N) is 1. The minimum absolute atomic E-state index is 0.00242. The van der Waals surface area contributed by atoms with Crippen LogP contribution in [0.15, 0.2) is 36.8 Å². The van der Waals surface area contributed by atoms with Gasteiger partial charge in [-0.25, -0.2) is 9.78 Å². The Balaban J connectivity index is 1.73. The summed E-state index contributed by atoms with van der Waals surface area (Å²) in [5.74, 6) is -3.24. The van der Waals surface area contributed by atoms with Crippen LogP contribution in [0.2, 0.25) is 0 Å². The molecule has 36 heavy (non-hydrogen) atoms. The highest BCUT2D eigenvalue weighted by Gasteiger charge is 2.38. The van der Waals surface area contributed by atoms with E-state index in [9.17, 15) is 34.5 Å². The number of amides is 3. The van der Waals surface area contributed by atoms with Crippen LogP contribution in [-0.4, -0.2) is 91.2 Å². The highest BCUT2D eigenvalue weighted by Crippen LogP contribution is 2.19. The van der Waals surface area contributed by atoms with Gasteiger partial charge in [-0.05, 0) is 30.5 Å². The van der Waals surface area contributed by atoms with Crippen LogP contribution in [0.3, 0.4) is 0 Å². The normalized spacial score (nSPS) is 17.7. The Morgan fingerprint density at radius 3 is 2.42 bits per heavy atom. The average molecular weight is 503 g/mol. The second kappa shape index (κ2) is 12.1. The van der Waals surface area contributed by atoms with E-state index >= 15 is 0 Å². The van der Waals surface area contributed by atoms with Crippen molar-refractivity contribution in [2.75, 3.05) is 13.2 Å². The van der Waals surface area contributed by atoms with Gasteiger partial charge in [0.1, 0.15) is 23.9 Å². The zero-order valence-electron chi connectivity index (χ0n) is 19.5. The van der Waals surface area contributed by atoms with E-state index in [2.05, 4.69) is 20.6 Å². The first kappa shape index (κ1) is 26.6. The summed E-state index contributed by atoms with van der Waals surface area (Å²) in [6.45, 7) is -0.565. The number of nitrogens with zero attached hydrogens (tertiary/aromatic N) is 2. The summed E-state index contributed by atoms with van der Waals surface area (Å²) in [6.07, 6.45) is 3.88. The molecule has 2 heterocycles. The molecule has 0 saturated carbocycles. The van der Waals surface area contributed by atoms with Crippen molar-refractivity contribution in [3.63, 3.8) is 0 Å². The summed E-state index contributed by atoms with van der Waals surface area (Å²) in [6, 6.07) is 1.39. The van der Waals surface area contributed by atoms with Crippen molar-refractivity contribution in [2.24, 2.45) is 5.73 Å². The molecule has 4 unspecified atom stereocenters. The van der Waals surface area contributed by atoms with Crippen LogP contribution in [0.1, 0.15) is 24.1 Å². The largest absolute Gasteiger partial charge is 0.508 e. The van der Waals surface area contributed by atoms with Gasteiger partial charge in [0.2, 0.25) is 17.7 Å². The Hall–Kier alpha value is -3.97. The van der Waals surface area contributed by atoms with Crippen molar-refractivity contribution in [2.45, 2.75) is 49.9 Å². The molecule has 4 atom stereocenters. The molecule has 194 valence electrons. The van der Waals surface area contributed by atoms with Crippen LogP contribution >= 0.6 is 0 Å². The highest BCUT2D eigenvalue weighted by atomic mass is 16.4. The van der Waals surface area contributed by atoms with Crippen molar-refractivity contribution in [3.8, 4) is 5.75 Å². The van der Waals surface area contributed by atoms with Crippen LogP contribution in [0.5, 0.6) is 5.75 Å². The first-order chi connectivity index (χ1) is 17.2. The maximum Gasteiger partial charge on any atom is 0.326 e. The molecule has 0 aliphatic carbocycles. The Morgan fingerprint density at radius 2 is 1.81 bits per heavy atom. The predicted octanol–water partition coefficient (Wildman–Crippen LogP) is -1.73. The Bertz CT molecular complexity index is 1060. The predicted molar refractivity (Wildman–Crippen MR) is 125 cm³/mol. The van der Waals surface area contributed by atoms with Gasteiger partial charge in [0.25, 0.3) is 0 Å². The fraction of sp³-hybridized carbons (Fsp3) is 0.435. The molecule has 1 aliphatic rings. The number of carboxylic acid groups (broad SMARTS) is 1. The van der Waals surface area contributed by atoms with Gasteiger partial charge in [-0.1, -0.05) is 12.1 Å². The molecule has 3 rings (SSSR count). The van der Waals surface area contributed by atoms with Gasteiger partial charge >= 0.3 is 5.97 Å². The number of nitrogens with one attached hydrogen (secondary N) is 3. The summed E-state index contributed by atoms with van der Waals surface area (Å²) >= 11 is 0. The molecule has 0 radical (unpaired) electrons. The average Bonchev–Trinajstić information content (AvgIpc) is 3.55. The number of carbonyl (C=O) groups is 4. The number of imidazole rings is 1. The van der Waals surface area contributed by atoms with E-state index in [1.807, 2.05) is 0 Å². The summed E-state index contributed by atoms with van der Waals surface area (Å²) in [4.78, 5) is 58.1. The number of aromatic amines is 1. The SMILES string of the molecule is NC(Cc1cnc[nH]1)C(=O)NC(Cc1ccc(O)cc1)C(=O)NC(CO)C(=O)N1CCCC1C(=O)O. The molecule has 8 N–H and O–H groups in total. The number of carbonyl (C=O) groups excluding carboxylic acids is 3. The summed E-state index contributed by atoms with van der Waals surface area (Å²) in [7, 11) is 0. The topological polar surface area (TPSA) is 211 Å². The molecule has 2 aromatic rings. The standard InChI is InChI=1S/C23H30N6O7/c24-16(9-14-10-25-12-26-14)20(32)27-17(8-13-3-5-15(31)6-4-13)21(33)28-18(11-30)22(34)29-7-1-2-19(29)23(35)36/h3-6,10,12,16-19,30-31H,1-2,7-9,11,24H2,(H,25,26)(H,27,32)(H,28,33)(H,35,36). The zero-order chi connectivity index (χ0) is 26.2. The van der Waals surface area contributed by atoms with Crippen molar-refractivity contribution in [3.05, 3.63) is 48.0 Å². The van der Waals surface area contributed by atoms with Gasteiger partial charge in [0.05, 0.1) is 19.0 Å². The number of aliphatic hydroxyl groups excluding tert-OH is 1. The fourth-order valence-electron chi connectivity index (χ4n) is 4.03. The van der Waals surface area contributed by atoms with Crippen LogP contribution in [0.25, 0.3) is 0 Å². The van der Waals surface area contributed by atoms with Crippen LogP contribution in [0, 0.1) is 0 Å². The molecule has 0 spiro atoms. The number of carboxylic acids is 1. The first-order valence-corrected chi connectivity index (χ1v) is 11.4.